The van der Waals surface area contributed by atoms with E-state index in [1.807, 2.05) is 20.8 Å². The predicted molar refractivity (Wildman–Crippen MR) is 119 cm³/mol. The van der Waals surface area contributed by atoms with Crippen LogP contribution in [0.3, 0.4) is 0 Å². The molecule has 0 bridgehead atoms. The maximum absolute atomic E-state index is 12.2. The molecule has 0 unspecified atom stereocenters. The van der Waals surface area contributed by atoms with Gasteiger partial charge in [0.05, 0.1) is 6.20 Å². The lowest BCUT2D eigenvalue weighted by Gasteiger charge is -2.19. The highest BCUT2D eigenvalue weighted by Gasteiger charge is 2.16. The van der Waals surface area contributed by atoms with Crippen molar-refractivity contribution in [3.63, 3.8) is 0 Å². The first kappa shape index (κ1) is 22.5. The summed E-state index contributed by atoms with van der Waals surface area (Å²) in [7, 11) is 0. The van der Waals surface area contributed by atoms with Gasteiger partial charge < -0.3 is 25.1 Å². The summed E-state index contributed by atoms with van der Waals surface area (Å²) in [6, 6.07) is 13.4. The molecule has 2 aromatic carbocycles. The van der Waals surface area contributed by atoms with Crippen molar-refractivity contribution in [1.82, 2.24) is 10.3 Å². The van der Waals surface area contributed by atoms with Crippen LogP contribution in [0.5, 0.6) is 0 Å². The van der Waals surface area contributed by atoms with E-state index in [0.717, 1.165) is 11.1 Å². The molecule has 0 aliphatic heterocycles. The Bertz CT molecular complexity index is 1070. The van der Waals surface area contributed by atoms with Crippen molar-refractivity contribution >= 4 is 29.3 Å². The molecule has 9 heteroatoms. The second-order valence-electron chi connectivity index (χ2n) is 8.00. The molecule has 0 spiro atoms. The zero-order valence-corrected chi connectivity index (χ0v) is 18.0. The van der Waals surface area contributed by atoms with E-state index in [0.29, 0.717) is 17.1 Å². The largest absolute Gasteiger partial charge is 0.445 e. The quantitative estimate of drug-likeness (QED) is 0.521. The summed E-state index contributed by atoms with van der Waals surface area (Å²) in [5.41, 5.74) is 2.06. The van der Waals surface area contributed by atoms with Crippen LogP contribution in [-0.2, 0) is 20.9 Å². The molecule has 0 atom stereocenters. The molecule has 0 radical (unpaired) electrons. The highest BCUT2D eigenvalue weighted by atomic mass is 16.5. The van der Waals surface area contributed by atoms with Gasteiger partial charge in [-0.05, 0) is 62.7 Å². The highest BCUT2D eigenvalue weighted by Crippen LogP contribution is 2.20. The number of carbonyl (C=O) groups excluding carboxylic acids is 3. The Morgan fingerprint density at radius 1 is 0.906 bits per heavy atom. The van der Waals surface area contributed by atoms with E-state index in [-0.39, 0.29) is 12.1 Å². The molecular formula is C23H24N4O5. The zero-order valence-electron chi connectivity index (χ0n) is 18.0. The molecule has 0 fully saturated rings. The van der Waals surface area contributed by atoms with Crippen LogP contribution in [0.15, 0.2) is 65.5 Å². The maximum atomic E-state index is 12.2. The molecule has 1 heterocycles. The molecule has 0 aliphatic rings. The molecule has 166 valence electrons. The molecule has 3 rings (SSSR count). The van der Waals surface area contributed by atoms with Crippen LogP contribution in [0.2, 0.25) is 0 Å². The molecule has 1 aromatic heterocycles. The van der Waals surface area contributed by atoms with Gasteiger partial charge in [-0.2, -0.15) is 0 Å². The third-order valence-corrected chi connectivity index (χ3v) is 4.12. The first-order valence-corrected chi connectivity index (χ1v) is 9.85. The summed E-state index contributed by atoms with van der Waals surface area (Å²) in [5, 5.41) is 7.76. The minimum atomic E-state index is -0.808. The van der Waals surface area contributed by atoms with Crippen molar-refractivity contribution in [2.24, 2.45) is 0 Å². The molecule has 32 heavy (non-hydrogen) atoms. The fourth-order valence-corrected chi connectivity index (χ4v) is 2.63. The molecule has 3 N–H and O–H groups in total. The molecule has 0 saturated carbocycles. The van der Waals surface area contributed by atoms with Crippen LogP contribution in [0.1, 0.15) is 26.3 Å². The van der Waals surface area contributed by atoms with Gasteiger partial charge in [0.25, 0.3) is 0 Å². The average Bonchev–Trinajstić information content (AvgIpc) is 3.27. The number of nitrogens with zero attached hydrogens (tertiary/aromatic N) is 1. The second kappa shape index (κ2) is 9.78. The lowest BCUT2D eigenvalue weighted by Crippen LogP contribution is -2.40. The number of alkyl carbamates (subject to hydrolysis) is 1. The lowest BCUT2D eigenvalue weighted by molar-refractivity contribution is -0.132. The minimum Gasteiger partial charge on any atom is -0.445 e. The monoisotopic (exact) mass is 436 g/mol. The number of ether oxygens (including phenoxy) is 1. The predicted octanol–water partition coefficient (Wildman–Crippen LogP) is 3.94. The number of amides is 3. The number of aromatic nitrogens is 1. The van der Waals surface area contributed by atoms with Gasteiger partial charge in [0.1, 0.15) is 6.61 Å². The van der Waals surface area contributed by atoms with Gasteiger partial charge in [-0.3, -0.25) is 9.59 Å². The number of benzene rings is 2. The van der Waals surface area contributed by atoms with Gasteiger partial charge in [0.15, 0.2) is 12.2 Å². The minimum absolute atomic E-state index is 0.0840. The van der Waals surface area contributed by atoms with Crippen LogP contribution in [0.25, 0.3) is 11.3 Å². The zero-order chi connectivity index (χ0) is 23.1. The third kappa shape index (κ3) is 6.69. The number of rotatable bonds is 5. The Hall–Kier alpha value is -4.14. The molecule has 9 nitrogen and oxygen atoms in total. The third-order valence-electron chi connectivity index (χ3n) is 4.12. The average molecular weight is 436 g/mol. The standard InChI is InChI=1S/C23H24N4O5/c1-23(2,3)27-22(30)31-13-15-4-8-17(9-5-15)25-20(28)21(29)26-18-10-6-16(7-11-18)19-12-24-14-32-19/h4-12,14H,13H2,1-3H3,(H,25,28)(H,26,29)(H,27,30). The van der Waals surface area contributed by atoms with E-state index in [1.54, 1.807) is 54.7 Å². The summed E-state index contributed by atoms with van der Waals surface area (Å²) in [4.78, 5) is 39.9. The van der Waals surface area contributed by atoms with Gasteiger partial charge in [-0.15, -0.1) is 0 Å². The lowest BCUT2D eigenvalue weighted by atomic mass is 10.1. The normalized spacial score (nSPS) is 10.8. The van der Waals surface area contributed by atoms with Crippen LogP contribution in [-0.4, -0.2) is 28.4 Å². The van der Waals surface area contributed by atoms with Crippen molar-refractivity contribution in [3.8, 4) is 11.3 Å². The van der Waals surface area contributed by atoms with Gasteiger partial charge >= 0.3 is 17.9 Å². The summed E-state index contributed by atoms with van der Waals surface area (Å²) in [6.07, 6.45) is 2.40. The molecule has 0 saturated heterocycles. The number of nitrogens with one attached hydrogen (secondary N) is 3. The molecule has 3 amide bonds. The van der Waals surface area contributed by atoms with Gasteiger partial charge in [0, 0.05) is 22.5 Å². The van der Waals surface area contributed by atoms with Gasteiger partial charge in [-0.1, -0.05) is 12.1 Å². The summed E-state index contributed by atoms with van der Waals surface area (Å²) >= 11 is 0. The van der Waals surface area contributed by atoms with Gasteiger partial charge in [0.2, 0.25) is 0 Å². The summed E-state index contributed by atoms with van der Waals surface area (Å²) in [5.74, 6) is -1.01. The van der Waals surface area contributed by atoms with E-state index >= 15 is 0 Å². The smallest absolute Gasteiger partial charge is 0.407 e. The van der Waals surface area contributed by atoms with E-state index in [1.165, 1.54) is 6.39 Å². The van der Waals surface area contributed by atoms with E-state index in [2.05, 4.69) is 20.9 Å². The molecule has 3 aromatic rings. The fraction of sp³-hybridized carbons (Fsp3) is 0.217. The number of anilines is 2. The number of oxazole rings is 1. The van der Waals surface area contributed by atoms with Crippen LogP contribution in [0.4, 0.5) is 16.2 Å². The van der Waals surface area contributed by atoms with Crippen LogP contribution >= 0.6 is 0 Å². The van der Waals surface area contributed by atoms with Crippen LogP contribution in [0, 0.1) is 0 Å². The van der Waals surface area contributed by atoms with Crippen molar-refractivity contribution in [3.05, 3.63) is 66.7 Å². The summed E-state index contributed by atoms with van der Waals surface area (Å²) < 4.78 is 10.4. The van der Waals surface area contributed by atoms with Crippen molar-refractivity contribution in [2.75, 3.05) is 10.6 Å². The maximum Gasteiger partial charge on any atom is 0.407 e. The van der Waals surface area contributed by atoms with Crippen molar-refractivity contribution in [1.29, 1.82) is 0 Å². The van der Waals surface area contributed by atoms with Gasteiger partial charge in [-0.25, -0.2) is 9.78 Å². The number of hydrogen-bond donors (Lipinski definition) is 3. The molecular weight excluding hydrogens is 412 g/mol. The Morgan fingerprint density at radius 3 is 1.97 bits per heavy atom. The molecule has 0 aliphatic carbocycles. The number of hydrogen-bond acceptors (Lipinski definition) is 6. The SMILES string of the molecule is CC(C)(C)NC(=O)OCc1ccc(NC(=O)C(=O)Nc2ccc(-c3cnco3)cc2)cc1. The topological polar surface area (TPSA) is 123 Å². The Balaban J connectivity index is 1.48. The Labute approximate surface area is 185 Å². The Morgan fingerprint density at radius 2 is 1.47 bits per heavy atom. The van der Waals surface area contributed by atoms with E-state index in [9.17, 15) is 14.4 Å². The first-order chi connectivity index (χ1) is 15.2. The number of carbonyl (C=O) groups is 3. The van der Waals surface area contributed by atoms with Crippen molar-refractivity contribution in [2.45, 2.75) is 32.9 Å². The van der Waals surface area contributed by atoms with Crippen LogP contribution < -0.4 is 16.0 Å². The fourth-order valence-electron chi connectivity index (χ4n) is 2.63. The first-order valence-electron chi connectivity index (χ1n) is 9.85. The van der Waals surface area contributed by atoms with E-state index < -0.39 is 17.9 Å². The Kier molecular flexibility index (Phi) is 6.89. The van der Waals surface area contributed by atoms with E-state index in [4.69, 9.17) is 9.15 Å². The second-order valence-corrected chi connectivity index (χ2v) is 8.00. The highest BCUT2D eigenvalue weighted by molar-refractivity contribution is 6.43. The summed E-state index contributed by atoms with van der Waals surface area (Å²) in [6.45, 7) is 5.65. The van der Waals surface area contributed by atoms with Crippen molar-refractivity contribution < 1.29 is 23.5 Å².